The largest absolute Gasteiger partial charge is 0.462 e. The summed E-state index contributed by atoms with van der Waals surface area (Å²) in [6.45, 7) is 3.79. The van der Waals surface area contributed by atoms with Crippen molar-refractivity contribution in [3.05, 3.63) is 83.1 Å². The Hall–Kier alpha value is -4.24. The highest BCUT2D eigenvalue weighted by atomic mass is 35.5. The van der Waals surface area contributed by atoms with Crippen molar-refractivity contribution in [3.63, 3.8) is 0 Å². The first-order valence-corrected chi connectivity index (χ1v) is 11.3. The normalized spacial score (nSPS) is 10.6. The third kappa shape index (κ3) is 5.30. The lowest BCUT2D eigenvalue weighted by molar-refractivity contribution is 0.0518. The summed E-state index contributed by atoms with van der Waals surface area (Å²) in [6.07, 6.45) is 2.78. The van der Waals surface area contributed by atoms with Gasteiger partial charge in [-0.3, -0.25) is 0 Å². The van der Waals surface area contributed by atoms with Crippen molar-refractivity contribution >= 4 is 35.2 Å². The monoisotopic (exact) mass is 491 g/mol. The molecule has 1 N–H and O–H groups in total. The maximum absolute atomic E-state index is 12.7. The zero-order valence-electron chi connectivity index (χ0n) is 19.1. The van der Waals surface area contributed by atoms with Gasteiger partial charge in [-0.25, -0.2) is 24.2 Å². The molecule has 178 valence electrons. The highest BCUT2D eigenvalue weighted by molar-refractivity contribution is 6.30. The van der Waals surface area contributed by atoms with Crippen molar-refractivity contribution in [2.45, 2.75) is 13.8 Å². The van der Waals surface area contributed by atoms with E-state index >= 15 is 0 Å². The number of rotatable bonds is 8. The van der Waals surface area contributed by atoms with Crippen LogP contribution >= 0.6 is 11.6 Å². The number of carbonyl (C=O) groups excluding carboxylic acids is 2. The zero-order valence-corrected chi connectivity index (χ0v) is 19.8. The SMILES string of the molecule is CCOC(=O)c1cnc(-c2ccc(Cl)cc2)nc1Nc1c(C(=O)OCC)cnn1-c1ccccc1. The predicted octanol–water partition coefficient (Wildman–Crippen LogP) is 5.08. The minimum Gasteiger partial charge on any atom is -0.462 e. The standard InChI is InChI=1S/C25H22ClN5O4/c1-3-34-24(32)19-14-27-21(16-10-12-17(26)13-11-16)29-22(19)30-23-20(25(33)35-4-2)15-28-31(23)18-8-6-5-7-9-18/h5-15H,3-4H2,1-2H3,(H,27,29,30). The van der Waals surface area contributed by atoms with E-state index in [1.54, 1.807) is 38.1 Å². The highest BCUT2D eigenvalue weighted by Gasteiger charge is 2.24. The lowest BCUT2D eigenvalue weighted by atomic mass is 10.2. The number of hydrogen-bond acceptors (Lipinski definition) is 8. The molecule has 0 saturated heterocycles. The van der Waals surface area contributed by atoms with Crippen LogP contribution in [0.5, 0.6) is 0 Å². The highest BCUT2D eigenvalue weighted by Crippen LogP contribution is 2.28. The predicted molar refractivity (Wildman–Crippen MR) is 131 cm³/mol. The first-order chi connectivity index (χ1) is 17.0. The lowest BCUT2D eigenvalue weighted by Gasteiger charge is -2.14. The molecular formula is C25H22ClN5O4. The first kappa shape index (κ1) is 23.9. The molecule has 0 aliphatic rings. The molecule has 0 radical (unpaired) electrons. The number of hydrogen-bond donors (Lipinski definition) is 1. The van der Waals surface area contributed by atoms with Crippen molar-refractivity contribution in [2.24, 2.45) is 0 Å². The molecular weight excluding hydrogens is 470 g/mol. The molecule has 0 amide bonds. The molecule has 0 saturated carbocycles. The minimum absolute atomic E-state index is 0.0974. The van der Waals surface area contributed by atoms with Crippen LogP contribution < -0.4 is 5.32 Å². The summed E-state index contributed by atoms with van der Waals surface area (Å²) in [7, 11) is 0. The lowest BCUT2D eigenvalue weighted by Crippen LogP contribution is -2.14. The number of aromatic nitrogens is 4. The smallest absolute Gasteiger partial charge is 0.343 e. The van der Waals surface area contributed by atoms with Crippen molar-refractivity contribution in [1.29, 1.82) is 0 Å². The summed E-state index contributed by atoms with van der Waals surface area (Å²) >= 11 is 6.01. The van der Waals surface area contributed by atoms with Crippen LogP contribution in [-0.4, -0.2) is 44.9 Å². The van der Waals surface area contributed by atoms with Gasteiger partial charge >= 0.3 is 11.9 Å². The molecule has 10 heteroatoms. The Kier molecular flexibility index (Phi) is 7.37. The molecule has 35 heavy (non-hydrogen) atoms. The minimum atomic E-state index is -0.610. The van der Waals surface area contributed by atoms with Gasteiger partial charge in [0.05, 0.1) is 25.1 Å². The Labute approximate surface area is 206 Å². The Morgan fingerprint density at radius 2 is 1.57 bits per heavy atom. The van der Waals surface area contributed by atoms with Gasteiger partial charge in [0.1, 0.15) is 22.8 Å². The maximum atomic E-state index is 12.7. The van der Waals surface area contributed by atoms with Gasteiger partial charge in [0.15, 0.2) is 5.82 Å². The van der Waals surface area contributed by atoms with E-state index in [0.29, 0.717) is 22.1 Å². The van der Waals surface area contributed by atoms with Crippen LogP contribution in [0.1, 0.15) is 34.6 Å². The number of para-hydroxylation sites is 1. The van der Waals surface area contributed by atoms with Gasteiger partial charge in [0, 0.05) is 16.8 Å². The molecule has 4 aromatic rings. The van der Waals surface area contributed by atoms with E-state index in [-0.39, 0.29) is 36.0 Å². The molecule has 2 heterocycles. The second kappa shape index (κ2) is 10.8. The summed E-state index contributed by atoms with van der Waals surface area (Å²) in [5, 5.41) is 8.05. The fourth-order valence-corrected chi connectivity index (χ4v) is 3.40. The van der Waals surface area contributed by atoms with Crippen LogP contribution in [0, 0.1) is 0 Å². The van der Waals surface area contributed by atoms with Crippen LogP contribution in [0.4, 0.5) is 11.6 Å². The number of nitrogens with zero attached hydrogens (tertiary/aromatic N) is 4. The first-order valence-electron chi connectivity index (χ1n) is 10.9. The van der Waals surface area contributed by atoms with Crippen LogP contribution in [0.25, 0.3) is 17.1 Å². The topological polar surface area (TPSA) is 108 Å². The van der Waals surface area contributed by atoms with Crippen LogP contribution in [0.2, 0.25) is 5.02 Å². The second-order valence-corrected chi connectivity index (χ2v) is 7.62. The summed E-state index contributed by atoms with van der Waals surface area (Å²) < 4.78 is 11.9. The molecule has 2 aromatic carbocycles. The third-order valence-corrected chi connectivity index (χ3v) is 5.14. The molecule has 9 nitrogen and oxygen atoms in total. The van der Waals surface area contributed by atoms with Gasteiger partial charge in [0.2, 0.25) is 0 Å². The number of nitrogens with one attached hydrogen (secondary N) is 1. The Bertz CT molecular complexity index is 1340. The number of halogens is 1. The van der Waals surface area contributed by atoms with Gasteiger partial charge < -0.3 is 14.8 Å². The van der Waals surface area contributed by atoms with Gasteiger partial charge in [-0.05, 0) is 50.2 Å². The molecule has 0 unspecified atom stereocenters. The van der Waals surface area contributed by atoms with E-state index in [1.807, 2.05) is 30.3 Å². The molecule has 0 aliphatic carbocycles. The van der Waals surface area contributed by atoms with E-state index < -0.39 is 11.9 Å². The van der Waals surface area contributed by atoms with Crippen molar-refractivity contribution in [2.75, 3.05) is 18.5 Å². The molecule has 2 aromatic heterocycles. The Balaban J connectivity index is 1.85. The van der Waals surface area contributed by atoms with Crippen molar-refractivity contribution in [3.8, 4) is 17.1 Å². The zero-order chi connectivity index (χ0) is 24.8. The average Bonchev–Trinajstić information content (AvgIpc) is 3.29. The van der Waals surface area contributed by atoms with Crippen molar-refractivity contribution in [1.82, 2.24) is 19.7 Å². The molecule has 0 atom stereocenters. The Morgan fingerprint density at radius 1 is 0.914 bits per heavy atom. The van der Waals surface area contributed by atoms with E-state index in [0.717, 1.165) is 0 Å². The van der Waals surface area contributed by atoms with Crippen molar-refractivity contribution < 1.29 is 19.1 Å². The number of carbonyl (C=O) groups is 2. The van der Waals surface area contributed by atoms with Crippen LogP contribution in [-0.2, 0) is 9.47 Å². The van der Waals surface area contributed by atoms with E-state index in [2.05, 4.69) is 20.4 Å². The summed E-state index contributed by atoms with van der Waals surface area (Å²) in [5.41, 5.74) is 1.66. The molecule has 4 rings (SSSR count). The summed E-state index contributed by atoms with van der Waals surface area (Å²) in [6, 6.07) is 16.2. The van der Waals surface area contributed by atoms with Gasteiger partial charge in [-0.15, -0.1) is 0 Å². The number of esters is 2. The number of ether oxygens (including phenoxy) is 2. The fourth-order valence-electron chi connectivity index (χ4n) is 3.28. The van der Waals surface area contributed by atoms with E-state index in [1.165, 1.54) is 17.1 Å². The number of benzene rings is 2. The molecule has 0 bridgehead atoms. The quantitative estimate of drug-likeness (QED) is 0.340. The third-order valence-electron chi connectivity index (χ3n) is 4.89. The van der Waals surface area contributed by atoms with Crippen LogP contribution in [0.3, 0.4) is 0 Å². The van der Waals surface area contributed by atoms with Gasteiger partial charge in [0.25, 0.3) is 0 Å². The van der Waals surface area contributed by atoms with E-state index in [9.17, 15) is 9.59 Å². The Morgan fingerprint density at radius 3 is 2.23 bits per heavy atom. The maximum Gasteiger partial charge on any atom is 0.343 e. The summed E-state index contributed by atoms with van der Waals surface area (Å²) in [4.78, 5) is 34.3. The fraction of sp³-hybridized carbons (Fsp3) is 0.160. The van der Waals surface area contributed by atoms with Gasteiger partial charge in [-0.2, -0.15) is 5.10 Å². The van der Waals surface area contributed by atoms with Gasteiger partial charge in [-0.1, -0.05) is 29.8 Å². The molecule has 0 aliphatic heterocycles. The van der Waals surface area contributed by atoms with Crippen LogP contribution in [0.15, 0.2) is 67.0 Å². The summed E-state index contributed by atoms with van der Waals surface area (Å²) in [5.74, 6) is -0.406. The second-order valence-electron chi connectivity index (χ2n) is 7.18. The molecule has 0 spiro atoms. The molecule has 0 fully saturated rings. The number of anilines is 2. The average molecular weight is 492 g/mol. The van der Waals surface area contributed by atoms with E-state index in [4.69, 9.17) is 21.1 Å².